The van der Waals surface area contributed by atoms with E-state index in [1.807, 2.05) is 0 Å². The Morgan fingerprint density at radius 2 is 1.59 bits per heavy atom. The standard InChI is InChI=1S/C28H36O4/c1-15-11-22-25(3,14-21(15)31)7-9-28(6)24-20(30)12-17-16(2)23(32)19(29)13-18(17)26(24,4)8-10-27(22,28)5/h12-13,15,22,24,32H,7-11,14H2,1-6H3/t15-,22-,24-,25+,26+,27+,28-/m1/s1. The molecule has 4 nitrogen and oxygen atoms in total. The van der Waals surface area contributed by atoms with Crippen molar-refractivity contribution in [3.8, 4) is 0 Å². The number of aliphatic hydroxyl groups is 1. The van der Waals surface area contributed by atoms with Crippen molar-refractivity contribution in [2.45, 2.75) is 80.1 Å². The van der Waals surface area contributed by atoms with Gasteiger partial charge in [0.2, 0.25) is 5.78 Å². The molecular formula is C28H36O4. The third-order valence-electron chi connectivity index (χ3n) is 11.0. The van der Waals surface area contributed by atoms with E-state index in [0.717, 1.165) is 43.3 Å². The fourth-order valence-electron chi connectivity index (χ4n) is 8.88. The molecule has 0 aromatic heterocycles. The number of hydrogen-bond acceptors (Lipinski definition) is 4. The molecule has 3 fully saturated rings. The van der Waals surface area contributed by atoms with Crippen molar-refractivity contribution in [1.29, 1.82) is 0 Å². The van der Waals surface area contributed by atoms with Crippen LogP contribution in [0.4, 0.5) is 0 Å². The first-order chi connectivity index (χ1) is 14.8. The van der Waals surface area contributed by atoms with Gasteiger partial charge in [-0.05, 0) is 84.5 Å². The molecule has 0 bridgehead atoms. The summed E-state index contributed by atoms with van der Waals surface area (Å²) in [4.78, 5) is 39.0. The van der Waals surface area contributed by atoms with Gasteiger partial charge < -0.3 is 5.11 Å². The summed E-state index contributed by atoms with van der Waals surface area (Å²) in [7, 11) is 0. The monoisotopic (exact) mass is 436 g/mol. The van der Waals surface area contributed by atoms with Gasteiger partial charge >= 0.3 is 0 Å². The highest BCUT2D eigenvalue weighted by molar-refractivity contribution is 6.09. The third-order valence-corrected chi connectivity index (χ3v) is 11.0. The number of rotatable bonds is 0. The van der Waals surface area contributed by atoms with Crippen molar-refractivity contribution in [2.24, 2.45) is 39.4 Å². The SMILES string of the molecule is CC1=C(O)C(=O)C=C2C1=CC(=O)[C@@H]1[C@@]2(C)CC[C@@]2(C)[C@@H]3C[C@@H](C)C(=O)C[C@]3(C)CC[C@]12C. The molecule has 0 aliphatic heterocycles. The fraction of sp³-hybridized carbons (Fsp3) is 0.679. The molecule has 5 rings (SSSR count). The molecule has 0 unspecified atom stereocenters. The van der Waals surface area contributed by atoms with Gasteiger partial charge in [0.25, 0.3) is 0 Å². The zero-order chi connectivity index (χ0) is 23.4. The topological polar surface area (TPSA) is 71.4 Å². The highest BCUT2D eigenvalue weighted by Gasteiger charge is 2.69. The van der Waals surface area contributed by atoms with Crippen LogP contribution in [0.25, 0.3) is 0 Å². The second-order valence-electron chi connectivity index (χ2n) is 12.5. The van der Waals surface area contributed by atoms with E-state index in [0.29, 0.717) is 23.7 Å². The van der Waals surface area contributed by atoms with E-state index >= 15 is 0 Å². The molecule has 7 atom stereocenters. The Balaban J connectivity index is 1.65. The molecule has 0 heterocycles. The summed E-state index contributed by atoms with van der Waals surface area (Å²) >= 11 is 0. The van der Waals surface area contributed by atoms with Crippen LogP contribution >= 0.6 is 0 Å². The van der Waals surface area contributed by atoms with Crippen LogP contribution in [0, 0.1) is 39.4 Å². The van der Waals surface area contributed by atoms with Crippen LogP contribution in [-0.4, -0.2) is 22.5 Å². The lowest BCUT2D eigenvalue weighted by molar-refractivity contribution is -0.206. The largest absolute Gasteiger partial charge is 0.504 e. The van der Waals surface area contributed by atoms with Crippen LogP contribution in [-0.2, 0) is 14.4 Å². The van der Waals surface area contributed by atoms with E-state index < -0.39 is 5.41 Å². The highest BCUT2D eigenvalue weighted by atomic mass is 16.3. The highest BCUT2D eigenvalue weighted by Crippen LogP contribution is 2.74. The predicted molar refractivity (Wildman–Crippen MR) is 123 cm³/mol. The van der Waals surface area contributed by atoms with Crippen molar-refractivity contribution in [1.82, 2.24) is 0 Å². The van der Waals surface area contributed by atoms with Gasteiger partial charge in [-0.15, -0.1) is 0 Å². The molecule has 172 valence electrons. The molecule has 4 heteroatoms. The Morgan fingerprint density at radius 1 is 0.938 bits per heavy atom. The van der Waals surface area contributed by atoms with Crippen LogP contribution < -0.4 is 0 Å². The molecule has 0 radical (unpaired) electrons. The maximum Gasteiger partial charge on any atom is 0.220 e. The minimum atomic E-state index is -0.420. The molecule has 5 aliphatic rings. The first-order valence-corrected chi connectivity index (χ1v) is 12.2. The van der Waals surface area contributed by atoms with E-state index in [2.05, 4.69) is 34.6 Å². The number of hydrogen-bond donors (Lipinski definition) is 1. The molecule has 0 spiro atoms. The average Bonchev–Trinajstić information content (AvgIpc) is 2.71. The number of Topliss-reactive ketones (excluding diaryl/α,β-unsaturated/α-hetero) is 1. The van der Waals surface area contributed by atoms with Crippen molar-refractivity contribution < 1.29 is 19.5 Å². The average molecular weight is 437 g/mol. The van der Waals surface area contributed by atoms with Crippen LogP contribution in [0.15, 0.2) is 34.6 Å². The maximum atomic E-state index is 13.8. The molecule has 3 saturated carbocycles. The number of carbonyl (C=O) groups is 3. The third kappa shape index (κ3) is 2.42. The van der Waals surface area contributed by atoms with E-state index in [4.69, 9.17) is 0 Å². The molecule has 0 saturated heterocycles. The molecule has 32 heavy (non-hydrogen) atoms. The summed E-state index contributed by atoms with van der Waals surface area (Å²) in [6.07, 6.45) is 8.59. The summed E-state index contributed by atoms with van der Waals surface area (Å²) in [5.74, 6) is 0.251. The number of fused-ring (bicyclic) bond motifs is 7. The Morgan fingerprint density at radius 3 is 2.28 bits per heavy atom. The zero-order valence-electron chi connectivity index (χ0n) is 20.3. The smallest absolute Gasteiger partial charge is 0.220 e. The van der Waals surface area contributed by atoms with Crippen LogP contribution in [0.1, 0.15) is 80.1 Å². The Hall–Kier alpha value is -1.97. The van der Waals surface area contributed by atoms with Crippen molar-refractivity contribution in [3.05, 3.63) is 34.6 Å². The maximum absolute atomic E-state index is 13.8. The molecule has 0 aromatic rings. The minimum absolute atomic E-state index is 0.00942. The second kappa shape index (κ2) is 6.33. The first kappa shape index (κ1) is 21.9. The van der Waals surface area contributed by atoms with Crippen LogP contribution in [0.5, 0.6) is 0 Å². The van der Waals surface area contributed by atoms with Crippen molar-refractivity contribution in [3.63, 3.8) is 0 Å². The Kier molecular flexibility index (Phi) is 4.32. The summed E-state index contributed by atoms with van der Waals surface area (Å²) in [5, 5.41) is 10.2. The predicted octanol–water partition coefficient (Wildman–Crippen LogP) is 5.68. The van der Waals surface area contributed by atoms with Crippen molar-refractivity contribution >= 4 is 17.3 Å². The summed E-state index contributed by atoms with van der Waals surface area (Å²) in [6, 6.07) is 0. The molecule has 0 amide bonds. The van der Waals surface area contributed by atoms with Gasteiger partial charge in [0.1, 0.15) is 5.78 Å². The van der Waals surface area contributed by atoms with Crippen LogP contribution in [0.3, 0.4) is 0 Å². The van der Waals surface area contributed by atoms with Crippen LogP contribution in [0.2, 0.25) is 0 Å². The molecule has 5 aliphatic carbocycles. The molecular weight excluding hydrogens is 400 g/mol. The number of ketones is 3. The van der Waals surface area contributed by atoms with Gasteiger partial charge in [-0.2, -0.15) is 0 Å². The summed E-state index contributed by atoms with van der Waals surface area (Å²) in [6.45, 7) is 13.0. The molecule has 0 aromatic carbocycles. The number of carbonyl (C=O) groups excluding carboxylic acids is 3. The van der Waals surface area contributed by atoms with E-state index in [9.17, 15) is 19.5 Å². The second-order valence-corrected chi connectivity index (χ2v) is 12.5. The van der Waals surface area contributed by atoms with E-state index in [1.54, 1.807) is 19.1 Å². The van der Waals surface area contributed by atoms with E-state index in [-0.39, 0.29) is 45.4 Å². The lowest BCUT2D eigenvalue weighted by Gasteiger charge is -2.70. The van der Waals surface area contributed by atoms with E-state index in [1.165, 1.54) is 0 Å². The Labute approximate surface area is 191 Å². The quantitative estimate of drug-likeness (QED) is 0.530. The van der Waals surface area contributed by atoms with Gasteiger partial charge in [-0.1, -0.05) is 34.6 Å². The van der Waals surface area contributed by atoms with Gasteiger partial charge in [0.15, 0.2) is 11.5 Å². The van der Waals surface area contributed by atoms with Crippen molar-refractivity contribution in [2.75, 3.05) is 0 Å². The van der Waals surface area contributed by atoms with Gasteiger partial charge in [0, 0.05) is 29.2 Å². The normalized spacial score (nSPS) is 48.3. The van der Waals surface area contributed by atoms with Gasteiger partial charge in [0.05, 0.1) is 0 Å². The number of allylic oxidation sites excluding steroid dienone is 5. The Bertz CT molecular complexity index is 1060. The lowest BCUT2D eigenvalue weighted by atomic mass is 9.33. The summed E-state index contributed by atoms with van der Waals surface area (Å²) in [5.41, 5.74) is 1.56. The minimum Gasteiger partial charge on any atom is -0.504 e. The summed E-state index contributed by atoms with van der Waals surface area (Å²) < 4.78 is 0. The van der Waals surface area contributed by atoms with Gasteiger partial charge in [-0.3, -0.25) is 14.4 Å². The van der Waals surface area contributed by atoms with Gasteiger partial charge in [-0.25, -0.2) is 0 Å². The lowest BCUT2D eigenvalue weighted by Crippen LogP contribution is -2.66. The first-order valence-electron chi connectivity index (χ1n) is 12.2. The molecule has 1 N–H and O–H groups in total. The number of aliphatic hydroxyl groups excluding tert-OH is 1. The zero-order valence-corrected chi connectivity index (χ0v) is 20.3. The fourth-order valence-corrected chi connectivity index (χ4v) is 8.88.